The number of hydrogen-bond acceptors (Lipinski definition) is 2. The topological polar surface area (TPSA) is 17.4 Å². The fourth-order valence-electron chi connectivity index (χ4n) is 2.81. The highest BCUT2D eigenvalue weighted by molar-refractivity contribution is 6.35. The maximum atomic E-state index is 6.34. The van der Waals surface area contributed by atoms with Gasteiger partial charge in [0.2, 0.25) is 0 Å². The van der Waals surface area contributed by atoms with Crippen LogP contribution in [0.25, 0.3) is 10.9 Å². The predicted molar refractivity (Wildman–Crippen MR) is 78.7 cm³/mol. The lowest BCUT2D eigenvalue weighted by molar-refractivity contribution is 0.0332. The van der Waals surface area contributed by atoms with E-state index >= 15 is 0 Å². The second-order valence-electron chi connectivity index (χ2n) is 4.95. The number of halogens is 1. The van der Waals surface area contributed by atoms with Crippen LogP contribution < -0.4 is 0 Å². The molecule has 0 atom stereocenters. The Hall–Kier alpha value is -1.03. The first-order valence-corrected chi connectivity index (χ1v) is 7.24. The molecule has 1 fully saturated rings. The lowest BCUT2D eigenvalue weighted by Gasteiger charge is -2.27. The van der Waals surface area contributed by atoms with Gasteiger partial charge in [-0.3, -0.25) is 4.90 Å². The molecule has 0 N–H and O–H groups in total. The Labute approximate surface area is 118 Å². The first-order valence-electron chi connectivity index (χ1n) is 6.86. The predicted octanol–water partition coefficient (Wildman–Crippen LogP) is 3.15. The van der Waals surface area contributed by atoms with Crippen LogP contribution in [0.15, 0.2) is 24.3 Å². The van der Waals surface area contributed by atoms with E-state index in [1.807, 2.05) is 12.1 Å². The lowest BCUT2D eigenvalue weighted by atomic mass is 10.2. The van der Waals surface area contributed by atoms with Crippen LogP contribution in [-0.2, 0) is 17.8 Å². The van der Waals surface area contributed by atoms with Crippen LogP contribution in [-0.4, -0.2) is 35.8 Å². The molecule has 3 nitrogen and oxygen atoms in total. The van der Waals surface area contributed by atoms with E-state index in [0.717, 1.165) is 49.9 Å². The van der Waals surface area contributed by atoms with Crippen molar-refractivity contribution < 1.29 is 4.74 Å². The zero-order chi connectivity index (χ0) is 13.2. The number of aromatic nitrogens is 1. The molecule has 1 aliphatic rings. The Morgan fingerprint density at radius 3 is 2.79 bits per heavy atom. The first kappa shape index (κ1) is 13.0. The molecular weight excluding hydrogens is 260 g/mol. The summed E-state index contributed by atoms with van der Waals surface area (Å²) in [4.78, 5) is 2.44. The Balaban J connectivity index is 1.96. The van der Waals surface area contributed by atoms with Crippen molar-refractivity contribution in [2.24, 2.45) is 0 Å². The minimum atomic E-state index is 0.840. The molecule has 1 saturated heterocycles. The van der Waals surface area contributed by atoms with Crippen LogP contribution in [0.5, 0.6) is 0 Å². The molecule has 2 aromatic rings. The molecule has 1 aromatic carbocycles. The molecule has 0 bridgehead atoms. The quantitative estimate of drug-likeness (QED) is 0.858. The Bertz CT molecular complexity index is 573. The molecule has 0 aliphatic carbocycles. The average molecular weight is 279 g/mol. The number of morpholine rings is 1. The number of fused-ring (bicyclic) bond motifs is 1. The third-order valence-corrected chi connectivity index (χ3v) is 4.07. The molecule has 19 heavy (non-hydrogen) atoms. The van der Waals surface area contributed by atoms with E-state index in [1.165, 1.54) is 11.1 Å². The van der Waals surface area contributed by atoms with E-state index in [0.29, 0.717) is 0 Å². The number of hydrogen-bond donors (Lipinski definition) is 0. The molecule has 1 aromatic heterocycles. The maximum Gasteiger partial charge on any atom is 0.0672 e. The smallest absolute Gasteiger partial charge is 0.0672 e. The molecule has 0 spiro atoms. The van der Waals surface area contributed by atoms with Gasteiger partial charge in [-0.25, -0.2) is 0 Å². The number of ether oxygens (including phenoxy) is 1. The highest BCUT2D eigenvalue weighted by Gasteiger charge is 2.15. The van der Waals surface area contributed by atoms with Gasteiger partial charge in [0.05, 0.1) is 23.8 Å². The SMILES string of the molecule is CCn1c(CN2CCOCC2)cc2cccc(Cl)c21. The van der Waals surface area contributed by atoms with Crippen molar-refractivity contribution in [3.63, 3.8) is 0 Å². The van der Waals surface area contributed by atoms with E-state index in [9.17, 15) is 0 Å². The van der Waals surface area contributed by atoms with Gasteiger partial charge in [-0.1, -0.05) is 23.7 Å². The van der Waals surface area contributed by atoms with Gasteiger partial charge in [-0.15, -0.1) is 0 Å². The number of benzene rings is 1. The molecule has 3 rings (SSSR count). The number of rotatable bonds is 3. The monoisotopic (exact) mass is 278 g/mol. The Morgan fingerprint density at radius 1 is 1.26 bits per heavy atom. The van der Waals surface area contributed by atoms with Crippen molar-refractivity contribution in [3.05, 3.63) is 35.0 Å². The van der Waals surface area contributed by atoms with Crippen molar-refractivity contribution in [3.8, 4) is 0 Å². The zero-order valence-electron chi connectivity index (χ0n) is 11.2. The minimum absolute atomic E-state index is 0.840. The molecule has 2 heterocycles. The van der Waals surface area contributed by atoms with Crippen molar-refractivity contribution in [1.29, 1.82) is 0 Å². The molecule has 1 aliphatic heterocycles. The number of aryl methyl sites for hydroxylation is 1. The second-order valence-corrected chi connectivity index (χ2v) is 5.35. The summed E-state index contributed by atoms with van der Waals surface area (Å²) in [6, 6.07) is 8.38. The summed E-state index contributed by atoms with van der Waals surface area (Å²) in [6.07, 6.45) is 0. The largest absolute Gasteiger partial charge is 0.379 e. The van der Waals surface area contributed by atoms with Crippen LogP contribution in [0, 0.1) is 0 Å². The van der Waals surface area contributed by atoms with Crippen molar-refractivity contribution >= 4 is 22.5 Å². The second kappa shape index (κ2) is 5.53. The molecule has 0 radical (unpaired) electrons. The Morgan fingerprint density at radius 2 is 2.05 bits per heavy atom. The fourth-order valence-corrected chi connectivity index (χ4v) is 3.10. The fraction of sp³-hybridized carbons (Fsp3) is 0.467. The first-order chi connectivity index (χ1) is 9.29. The summed E-state index contributed by atoms with van der Waals surface area (Å²) < 4.78 is 7.73. The van der Waals surface area contributed by atoms with Gasteiger partial charge in [0.15, 0.2) is 0 Å². The van der Waals surface area contributed by atoms with Crippen LogP contribution >= 0.6 is 11.6 Å². The van der Waals surface area contributed by atoms with Crippen molar-refractivity contribution in [1.82, 2.24) is 9.47 Å². The third-order valence-electron chi connectivity index (χ3n) is 3.76. The van der Waals surface area contributed by atoms with Crippen LogP contribution in [0.1, 0.15) is 12.6 Å². The van der Waals surface area contributed by atoms with Gasteiger partial charge in [0.1, 0.15) is 0 Å². The van der Waals surface area contributed by atoms with Crippen LogP contribution in [0.2, 0.25) is 5.02 Å². The van der Waals surface area contributed by atoms with Gasteiger partial charge < -0.3 is 9.30 Å². The molecular formula is C15H19ClN2O. The van der Waals surface area contributed by atoms with Gasteiger partial charge in [-0.2, -0.15) is 0 Å². The highest BCUT2D eigenvalue weighted by Crippen LogP contribution is 2.27. The summed E-state index contributed by atoms with van der Waals surface area (Å²) in [5.41, 5.74) is 2.50. The van der Waals surface area contributed by atoms with Crippen molar-refractivity contribution in [2.45, 2.75) is 20.0 Å². The Kier molecular flexibility index (Phi) is 3.78. The molecule has 102 valence electrons. The van der Waals surface area contributed by atoms with E-state index in [4.69, 9.17) is 16.3 Å². The van der Waals surface area contributed by atoms with Gasteiger partial charge in [-0.05, 0) is 19.1 Å². The molecule has 0 saturated carbocycles. The highest BCUT2D eigenvalue weighted by atomic mass is 35.5. The summed E-state index contributed by atoms with van der Waals surface area (Å²) >= 11 is 6.34. The third kappa shape index (κ3) is 2.50. The van der Waals surface area contributed by atoms with Gasteiger partial charge in [0.25, 0.3) is 0 Å². The summed E-state index contributed by atoms with van der Waals surface area (Å²) in [6.45, 7) is 7.80. The summed E-state index contributed by atoms with van der Waals surface area (Å²) in [7, 11) is 0. The van der Waals surface area contributed by atoms with Crippen molar-refractivity contribution in [2.75, 3.05) is 26.3 Å². The standard InChI is InChI=1S/C15H19ClN2O/c1-2-18-13(11-17-6-8-19-9-7-17)10-12-4-3-5-14(16)15(12)18/h3-5,10H,2,6-9,11H2,1H3. The normalized spacial score (nSPS) is 17.2. The molecule has 0 amide bonds. The number of nitrogens with zero attached hydrogens (tertiary/aromatic N) is 2. The molecule has 4 heteroatoms. The van der Waals surface area contributed by atoms with E-state index < -0.39 is 0 Å². The summed E-state index contributed by atoms with van der Waals surface area (Å²) in [5, 5.41) is 2.07. The average Bonchev–Trinajstić information content (AvgIpc) is 2.78. The zero-order valence-corrected chi connectivity index (χ0v) is 12.0. The lowest BCUT2D eigenvalue weighted by Crippen LogP contribution is -2.36. The van der Waals surface area contributed by atoms with Crippen LogP contribution in [0.4, 0.5) is 0 Å². The van der Waals surface area contributed by atoms with Gasteiger partial charge in [0, 0.05) is 37.3 Å². The van der Waals surface area contributed by atoms with Crippen LogP contribution in [0.3, 0.4) is 0 Å². The van der Waals surface area contributed by atoms with E-state index in [-0.39, 0.29) is 0 Å². The molecule has 0 unspecified atom stereocenters. The van der Waals surface area contributed by atoms with E-state index in [1.54, 1.807) is 0 Å². The van der Waals surface area contributed by atoms with Gasteiger partial charge >= 0.3 is 0 Å². The number of para-hydroxylation sites is 1. The minimum Gasteiger partial charge on any atom is -0.379 e. The maximum absolute atomic E-state index is 6.34. The van der Waals surface area contributed by atoms with E-state index in [2.05, 4.69) is 28.5 Å². The summed E-state index contributed by atoms with van der Waals surface area (Å²) in [5.74, 6) is 0.